The van der Waals surface area contributed by atoms with Gasteiger partial charge in [0.15, 0.2) is 0 Å². The molecule has 0 aromatic heterocycles. The highest BCUT2D eigenvalue weighted by atomic mass is 35.5. The Morgan fingerprint density at radius 2 is 1.07 bits per heavy atom. The van der Waals surface area contributed by atoms with E-state index in [4.69, 9.17) is 23.2 Å². The zero-order chi connectivity index (χ0) is 21.4. The van der Waals surface area contributed by atoms with Crippen molar-refractivity contribution in [3.05, 3.63) is 69.7 Å². The van der Waals surface area contributed by atoms with Crippen LogP contribution in [0.2, 0.25) is 10.0 Å². The van der Waals surface area contributed by atoms with Gasteiger partial charge in [0.25, 0.3) is 0 Å². The Morgan fingerprint density at radius 3 is 1.43 bits per heavy atom. The highest BCUT2D eigenvalue weighted by molar-refractivity contribution is 6.30. The monoisotopic (exact) mass is 442 g/mol. The summed E-state index contributed by atoms with van der Waals surface area (Å²) >= 11 is 12.3. The predicted molar refractivity (Wildman–Crippen MR) is 127 cm³/mol. The van der Waals surface area contributed by atoms with Crippen LogP contribution in [0.3, 0.4) is 0 Å². The minimum atomic E-state index is -0.113. The largest absolute Gasteiger partial charge is 0.299 e. The average Bonchev–Trinajstić information content (AvgIpc) is 2.75. The number of ketones is 1. The Hall–Kier alpha value is -1.31. The third-order valence-corrected chi connectivity index (χ3v) is 8.61. The molecule has 1 nitrogen and oxygen atoms in total. The van der Waals surface area contributed by atoms with Crippen molar-refractivity contribution >= 4 is 29.0 Å². The van der Waals surface area contributed by atoms with E-state index in [0.29, 0.717) is 5.78 Å². The second-order valence-electron chi connectivity index (χ2n) is 9.85. The van der Waals surface area contributed by atoms with Crippen LogP contribution >= 0.6 is 23.2 Å². The number of hydrogen-bond acceptors (Lipinski definition) is 1. The van der Waals surface area contributed by atoms with Crippen LogP contribution in [0.5, 0.6) is 0 Å². The number of carbonyl (C=O) groups is 1. The van der Waals surface area contributed by atoms with Gasteiger partial charge in [-0.25, -0.2) is 0 Å². The summed E-state index contributed by atoms with van der Waals surface area (Å²) in [5, 5.41) is 1.51. The normalized spacial score (nSPS) is 32.0. The lowest BCUT2D eigenvalue weighted by atomic mass is 9.55. The Bertz CT molecular complexity index is 815. The van der Waals surface area contributed by atoms with Gasteiger partial charge in [0.1, 0.15) is 5.78 Å². The van der Waals surface area contributed by atoms with Crippen LogP contribution in [-0.4, -0.2) is 5.78 Å². The molecule has 2 aromatic rings. The van der Waals surface area contributed by atoms with Crippen molar-refractivity contribution in [1.82, 2.24) is 0 Å². The number of rotatable bonds is 4. The molecule has 30 heavy (non-hydrogen) atoms. The van der Waals surface area contributed by atoms with Crippen LogP contribution in [0.25, 0.3) is 0 Å². The summed E-state index contributed by atoms with van der Waals surface area (Å²) in [5.74, 6) is 0.619. The molecule has 2 saturated carbocycles. The summed E-state index contributed by atoms with van der Waals surface area (Å²) in [6.45, 7) is 4.61. The summed E-state index contributed by atoms with van der Waals surface area (Å²) in [7, 11) is 0. The maximum absolute atomic E-state index is 14.2. The molecule has 3 heteroatoms. The van der Waals surface area contributed by atoms with Gasteiger partial charge in [-0.2, -0.15) is 0 Å². The van der Waals surface area contributed by atoms with Crippen molar-refractivity contribution in [2.75, 3.05) is 0 Å². The lowest BCUT2D eigenvalue weighted by Gasteiger charge is -2.47. The van der Waals surface area contributed by atoms with Crippen LogP contribution in [0, 0.1) is 11.8 Å². The topological polar surface area (TPSA) is 17.1 Å². The summed E-state index contributed by atoms with van der Waals surface area (Å²) in [5.41, 5.74) is 2.29. The van der Waals surface area contributed by atoms with Crippen molar-refractivity contribution in [2.24, 2.45) is 11.8 Å². The molecule has 0 amide bonds. The summed E-state index contributed by atoms with van der Waals surface area (Å²) in [6.07, 6.45) is 8.76. The smallest absolute Gasteiger partial charge is 0.140 e. The minimum absolute atomic E-state index is 0.0714. The molecule has 4 rings (SSSR count). The van der Waals surface area contributed by atoms with Gasteiger partial charge >= 0.3 is 0 Å². The standard InChI is InChI=1S/C27H32Cl2O/c1-26(19-9-13-21(28)14-10-19)17-5-3-7-23(26)25(30)24-8-4-6-18-27(24,2)20-11-15-22(29)16-12-20/h9-16,23-24H,3-8,17-18H2,1-2H3. The SMILES string of the molecule is CC1(c2ccc(Cl)cc2)CCCCC1C(=O)C1CCCCC1(C)c1ccc(Cl)cc1. The maximum Gasteiger partial charge on any atom is 0.140 e. The van der Waals surface area contributed by atoms with Crippen LogP contribution in [-0.2, 0) is 15.6 Å². The molecule has 4 atom stereocenters. The quantitative estimate of drug-likeness (QED) is 0.466. The molecule has 4 unspecified atom stereocenters. The molecule has 0 N–H and O–H groups in total. The Balaban J connectivity index is 1.69. The lowest BCUT2D eigenvalue weighted by molar-refractivity contribution is -0.133. The van der Waals surface area contributed by atoms with Crippen LogP contribution < -0.4 is 0 Å². The molecule has 0 saturated heterocycles. The summed E-state index contributed by atoms with van der Waals surface area (Å²) in [4.78, 5) is 14.2. The van der Waals surface area contributed by atoms with Gasteiger partial charge in [-0.05, 0) is 61.1 Å². The van der Waals surface area contributed by atoms with Crippen molar-refractivity contribution in [3.63, 3.8) is 0 Å². The highest BCUT2D eigenvalue weighted by Crippen LogP contribution is 2.50. The van der Waals surface area contributed by atoms with E-state index in [0.717, 1.165) is 48.6 Å². The fourth-order valence-corrected chi connectivity index (χ4v) is 6.43. The van der Waals surface area contributed by atoms with E-state index >= 15 is 0 Å². The Morgan fingerprint density at radius 1 is 0.700 bits per heavy atom. The number of benzene rings is 2. The predicted octanol–water partition coefficient (Wildman–Crippen LogP) is 8.16. The van der Waals surface area contributed by atoms with Crippen LogP contribution in [0.1, 0.15) is 76.3 Å². The second kappa shape index (κ2) is 8.67. The van der Waals surface area contributed by atoms with Gasteiger partial charge in [-0.15, -0.1) is 0 Å². The molecule has 160 valence electrons. The van der Waals surface area contributed by atoms with Crippen LogP contribution in [0.15, 0.2) is 48.5 Å². The molecule has 2 aliphatic rings. The lowest BCUT2D eigenvalue weighted by Crippen LogP contribution is -2.48. The van der Waals surface area contributed by atoms with Crippen molar-refractivity contribution < 1.29 is 4.79 Å². The van der Waals surface area contributed by atoms with E-state index in [1.165, 1.54) is 24.0 Å². The van der Waals surface area contributed by atoms with Gasteiger partial charge in [-0.3, -0.25) is 4.79 Å². The van der Waals surface area contributed by atoms with Gasteiger partial charge in [-0.1, -0.05) is 87.0 Å². The van der Waals surface area contributed by atoms with Gasteiger partial charge in [0, 0.05) is 32.7 Å². The van der Waals surface area contributed by atoms with E-state index in [9.17, 15) is 4.79 Å². The number of carbonyl (C=O) groups excluding carboxylic acids is 1. The first-order valence-corrected chi connectivity index (χ1v) is 12.2. The molecular formula is C27H32Cl2O. The van der Waals surface area contributed by atoms with E-state index in [-0.39, 0.29) is 22.7 Å². The van der Waals surface area contributed by atoms with Crippen molar-refractivity contribution in [2.45, 2.75) is 76.0 Å². The molecule has 2 fully saturated rings. The third kappa shape index (κ3) is 3.96. The maximum atomic E-state index is 14.2. The van der Waals surface area contributed by atoms with Crippen LogP contribution in [0.4, 0.5) is 0 Å². The zero-order valence-corrected chi connectivity index (χ0v) is 19.6. The zero-order valence-electron chi connectivity index (χ0n) is 18.1. The fourth-order valence-electron chi connectivity index (χ4n) is 6.17. The molecule has 0 radical (unpaired) electrons. The number of halogens is 2. The van der Waals surface area contributed by atoms with Gasteiger partial charge in [0.2, 0.25) is 0 Å². The van der Waals surface area contributed by atoms with Gasteiger partial charge in [0.05, 0.1) is 0 Å². The summed E-state index contributed by atoms with van der Waals surface area (Å²) < 4.78 is 0. The Kier molecular flexibility index (Phi) is 6.33. The molecular weight excluding hydrogens is 411 g/mol. The summed E-state index contributed by atoms with van der Waals surface area (Å²) in [6, 6.07) is 16.4. The number of Topliss-reactive ketones (excluding diaryl/α,β-unsaturated/α-hetero) is 1. The highest BCUT2D eigenvalue weighted by Gasteiger charge is 2.49. The van der Waals surface area contributed by atoms with E-state index in [1.807, 2.05) is 24.3 Å². The first kappa shape index (κ1) is 21.9. The molecule has 0 bridgehead atoms. The van der Waals surface area contributed by atoms with Crippen molar-refractivity contribution in [3.8, 4) is 0 Å². The Labute approximate surface area is 191 Å². The molecule has 2 aromatic carbocycles. The minimum Gasteiger partial charge on any atom is -0.299 e. The van der Waals surface area contributed by atoms with Gasteiger partial charge < -0.3 is 0 Å². The average molecular weight is 443 g/mol. The first-order chi connectivity index (χ1) is 14.3. The molecule has 2 aliphatic carbocycles. The fraction of sp³-hybridized carbons (Fsp3) is 0.519. The third-order valence-electron chi connectivity index (χ3n) is 8.11. The number of hydrogen-bond donors (Lipinski definition) is 0. The van der Waals surface area contributed by atoms with Crippen molar-refractivity contribution in [1.29, 1.82) is 0 Å². The van der Waals surface area contributed by atoms with E-state index in [2.05, 4.69) is 38.1 Å². The van der Waals surface area contributed by atoms with E-state index in [1.54, 1.807) is 0 Å². The molecule has 0 heterocycles. The first-order valence-electron chi connectivity index (χ1n) is 11.4. The van der Waals surface area contributed by atoms with E-state index < -0.39 is 0 Å². The second-order valence-corrected chi connectivity index (χ2v) is 10.7. The molecule has 0 aliphatic heterocycles. The molecule has 0 spiro atoms.